The Morgan fingerprint density at radius 1 is 1.15 bits per heavy atom. The predicted octanol–water partition coefficient (Wildman–Crippen LogP) is 3.01. The Bertz CT molecular complexity index is 1040. The molecule has 0 aliphatic heterocycles. The molecule has 1 unspecified atom stereocenters. The standard InChI is InChI=1S/C20H18N4O2/c1-24-12-11-21-20(24)19(14-7-3-2-4-8-14)22-18(25)13-16-15-9-5-6-10-17(15)26-23-16/h2-12,19H,13H2,1H3,(H,22,25). The number of fused-ring (bicyclic) bond motifs is 1. The molecule has 1 atom stereocenters. The number of nitrogens with zero attached hydrogens (tertiary/aromatic N) is 3. The van der Waals surface area contributed by atoms with E-state index in [1.165, 1.54) is 0 Å². The number of hydrogen-bond acceptors (Lipinski definition) is 4. The summed E-state index contributed by atoms with van der Waals surface area (Å²) in [5.74, 6) is 0.635. The summed E-state index contributed by atoms with van der Waals surface area (Å²) in [5, 5.41) is 7.97. The van der Waals surface area contributed by atoms with E-state index < -0.39 is 0 Å². The van der Waals surface area contributed by atoms with E-state index in [0.717, 1.165) is 16.8 Å². The third-order valence-corrected chi connectivity index (χ3v) is 4.34. The van der Waals surface area contributed by atoms with Gasteiger partial charge in [-0.25, -0.2) is 4.98 Å². The van der Waals surface area contributed by atoms with Crippen LogP contribution in [-0.2, 0) is 18.3 Å². The monoisotopic (exact) mass is 346 g/mol. The van der Waals surface area contributed by atoms with Crippen LogP contribution in [0.1, 0.15) is 23.1 Å². The number of carbonyl (C=O) groups is 1. The summed E-state index contributed by atoms with van der Waals surface area (Å²) in [4.78, 5) is 17.1. The maximum atomic E-state index is 12.7. The van der Waals surface area contributed by atoms with Crippen molar-refractivity contribution in [3.63, 3.8) is 0 Å². The van der Waals surface area contributed by atoms with Gasteiger partial charge < -0.3 is 14.4 Å². The molecule has 6 heteroatoms. The number of para-hydroxylation sites is 1. The molecule has 2 aromatic carbocycles. The number of carbonyl (C=O) groups excluding carboxylic acids is 1. The molecule has 0 fully saturated rings. The van der Waals surface area contributed by atoms with E-state index in [4.69, 9.17) is 4.52 Å². The Morgan fingerprint density at radius 3 is 2.69 bits per heavy atom. The number of benzene rings is 2. The third-order valence-electron chi connectivity index (χ3n) is 4.34. The quantitative estimate of drug-likeness (QED) is 0.603. The Hall–Kier alpha value is -3.41. The Labute approximate surface area is 150 Å². The lowest BCUT2D eigenvalue weighted by Crippen LogP contribution is -2.32. The number of aryl methyl sites for hydroxylation is 1. The van der Waals surface area contributed by atoms with Crippen LogP contribution in [0.3, 0.4) is 0 Å². The van der Waals surface area contributed by atoms with Crippen molar-refractivity contribution in [1.82, 2.24) is 20.0 Å². The van der Waals surface area contributed by atoms with Gasteiger partial charge in [0.15, 0.2) is 5.58 Å². The van der Waals surface area contributed by atoms with Gasteiger partial charge in [-0.1, -0.05) is 47.6 Å². The van der Waals surface area contributed by atoms with Crippen LogP contribution in [0.5, 0.6) is 0 Å². The zero-order valence-corrected chi connectivity index (χ0v) is 14.3. The van der Waals surface area contributed by atoms with Gasteiger partial charge >= 0.3 is 0 Å². The lowest BCUT2D eigenvalue weighted by atomic mass is 10.1. The third kappa shape index (κ3) is 3.09. The van der Waals surface area contributed by atoms with Gasteiger partial charge in [0, 0.05) is 24.8 Å². The summed E-state index contributed by atoms with van der Waals surface area (Å²) in [7, 11) is 1.91. The summed E-state index contributed by atoms with van der Waals surface area (Å²) in [5.41, 5.74) is 2.28. The first-order valence-corrected chi connectivity index (χ1v) is 8.37. The van der Waals surface area contributed by atoms with Gasteiger partial charge in [0.2, 0.25) is 5.91 Å². The molecule has 0 spiro atoms. The summed E-state index contributed by atoms with van der Waals surface area (Å²) < 4.78 is 7.19. The van der Waals surface area contributed by atoms with Crippen LogP contribution in [0.4, 0.5) is 0 Å². The molecule has 130 valence electrons. The van der Waals surface area contributed by atoms with E-state index >= 15 is 0 Å². The van der Waals surface area contributed by atoms with Crippen molar-refractivity contribution in [2.75, 3.05) is 0 Å². The molecule has 1 N–H and O–H groups in total. The van der Waals surface area contributed by atoms with Crippen LogP contribution in [0.15, 0.2) is 71.5 Å². The van der Waals surface area contributed by atoms with Crippen LogP contribution in [0.2, 0.25) is 0 Å². The average molecular weight is 346 g/mol. The van der Waals surface area contributed by atoms with Crippen molar-refractivity contribution in [3.05, 3.63) is 84.1 Å². The smallest absolute Gasteiger partial charge is 0.227 e. The lowest BCUT2D eigenvalue weighted by molar-refractivity contribution is -0.121. The summed E-state index contributed by atoms with van der Waals surface area (Å²) in [6, 6.07) is 17.0. The van der Waals surface area contributed by atoms with E-state index in [9.17, 15) is 4.79 Å². The maximum Gasteiger partial charge on any atom is 0.227 e. The minimum absolute atomic E-state index is 0.138. The Kier molecular flexibility index (Phi) is 4.23. The van der Waals surface area contributed by atoms with Gasteiger partial charge in [-0.2, -0.15) is 0 Å². The zero-order chi connectivity index (χ0) is 17.9. The molecule has 0 saturated heterocycles. The molecule has 26 heavy (non-hydrogen) atoms. The molecule has 0 aliphatic rings. The zero-order valence-electron chi connectivity index (χ0n) is 14.3. The number of hydrogen-bond donors (Lipinski definition) is 1. The Morgan fingerprint density at radius 2 is 1.92 bits per heavy atom. The molecular formula is C20H18N4O2. The molecule has 2 heterocycles. The largest absolute Gasteiger partial charge is 0.356 e. The molecule has 4 aromatic rings. The normalized spacial score (nSPS) is 12.2. The van der Waals surface area contributed by atoms with Crippen LogP contribution in [0.25, 0.3) is 11.0 Å². The van der Waals surface area contributed by atoms with Crippen molar-refractivity contribution < 1.29 is 9.32 Å². The van der Waals surface area contributed by atoms with E-state index in [1.54, 1.807) is 6.20 Å². The summed E-state index contributed by atoms with van der Waals surface area (Å²) >= 11 is 0. The average Bonchev–Trinajstić information content (AvgIpc) is 3.27. The number of imidazole rings is 1. The fourth-order valence-electron chi connectivity index (χ4n) is 3.03. The first-order chi connectivity index (χ1) is 12.7. The number of nitrogens with one attached hydrogen (secondary N) is 1. The molecule has 0 saturated carbocycles. The fourth-order valence-corrected chi connectivity index (χ4v) is 3.03. The number of amides is 1. The van der Waals surface area contributed by atoms with Crippen molar-refractivity contribution in [2.24, 2.45) is 7.05 Å². The molecule has 1 amide bonds. The fraction of sp³-hybridized carbons (Fsp3) is 0.150. The topological polar surface area (TPSA) is 73.0 Å². The van der Waals surface area contributed by atoms with E-state index in [1.807, 2.05) is 72.4 Å². The van der Waals surface area contributed by atoms with Gasteiger partial charge in [-0.3, -0.25) is 4.79 Å². The highest BCUT2D eigenvalue weighted by atomic mass is 16.5. The minimum atomic E-state index is -0.332. The van der Waals surface area contributed by atoms with E-state index in [0.29, 0.717) is 11.3 Å². The molecule has 2 aromatic heterocycles. The Balaban J connectivity index is 1.59. The highest BCUT2D eigenvalue weighted by Crippen LogP contribution is 2.22. The first kappa shape index (κ1) is 16.1. The summed E-state index contributed by atoms with van der Waals surface area (Å²) in [6.45, 7) is 0. The van der Waals surface area contributed by atoms with Crippen LogP contribution in [-0.4, -0.2) is 20.6 Å². The molecular weight excluding hydrogens is 328 g/mol. The maximum absolute atomic E-state index is 12.7. The molecule has 0 aliphatic carbocycles. The molecule has 4 rings (SSSR count). The lowest BCUT2D eigenvalue weighted by Gasteiger charge is -2.19. The van der Waals surface area contributed by atoms with Gasteiger partial charge in [0.05, 0.1) is 6.42 Å². The SMILES string of the molecule is Cn1ccnc1C(NC(=O)Cc1noc2ccccc12)c1ccccc1. The van der Waals surface area contributed by atoms with Crippen molar-refractivity contribution in [1.29, 1.82) is 0 Å². The minimum Gasteiger partial charge on any atom is -0.356 e. The van der Waals surface area contributed by atoms with Crippen LogP contribution < -0.4 is 5.32 Å². The van der Waals surface area contributed by atoms with Gasteiger partial charge in [0.1, 0.15) is 17.6 Å². The number of rotatable bonds is 5. The first-order valence-electron chi connectivity index (χ1n) is 8.37. The van der Waals surface area contributed by atoms with Gasteiger partial charge in [0.25, 0.3) is 0 Å². The highest BCUT2D eigenvalue weighted by Gasteiger charge is 2.21. The van der Waals surface area contributed by atoms with E-state index in [-0.39, 0.29) is 18.4 Å². The molecule has 0 bridgehead atoms. The van der Waals surface area contributed by atoms with Crippen molar-refractivity contribution in [2.45, 2.75) is 12.5 Å². The van der Waals surface area contributed by atoms with Gasteiger partial charge in [-0.05, 0) is 17.7 Å². The van der Waals surface area contributed by atoms with Crippen LogP contribution >= 0.6 is 0 Å². The van der Waals surface area contributed by atoms with Gasteiger partial charge in [-0.15, -0.1) is 0 Å². The second-order valence-electron chi connectivity index (χ2n) is 6.11. The number of aromatic nitrogens is 3. The summed E-state index contributed by atoms with van der Waals surface area (Å²) in [6.07, 6.45) is 3.73. The molecule has 6 nitrogen and oxygen atoms in total. The second kappa shape index (κ2) is 6.84. The van der Waals surface area contributed by atoms with Crippen molar-refractivity contribution >= 4 is 16.9 Å². The highest BCUT2D eigenvalue weighted by molar-refractivity contribution is 5.86. The predicted molar refractivity (Wildman–Crippen MR) is 97.3 cm³/mol. The van der Waals surface area contributed by atoms with E-state index in [2.05, 4.69) is 15.5 Å². The second-order valence-corrected chi connectivity index (χ2v) is 6.11. The van der Waals surface area contributed by atoms with Crippen molar-refractivity contribution in [3.8, 4) is 0 Å². The molecule has 0 radical (unpaired) electrons. The van der Waals surface area contributed by atoms with Crippen LogP contribution in [0, 0.1) is 0 Å².